The van der Waals surface area contributed by atoms with E-state index in [1.54, 1.807) is 0 Å². The number of aromatic nitrogens is 3. The van der Waals surface area contributed by atoms with Crippen LogP contribution >= 0.6 is 0 Å². The molecule has 0 aliphatic carbocycles. The first-order valence-corrected chi connectivity index (χ1v) is 5.37. The molecule has 3 nitrogen and oxygen atoms in total. The molecule has 0 spiro atoms. The lowest BCUT2D eigenvalue weighted by Gasteiger charge is -2.19. The van der Waals surface area contributed by atoms with Crippen LogP contribution in [0.5, 0.6) is 0 Å². The molecule has 2 aromatic rings. The van der Waals surface area contributed by atoms with E-state index in [-0.39, 0.29) is 5.41 Å². The molecule has 0 saturated carbocycles. The summed E-state index contributed by atoms with van der Waals surface area (Å²) < 4.78 is 1.92. The molecule has 0 bridgehead atoms. The second-order valence-corrected chi connectivity index (χ2v) is 4.82. The van der Waals surface area contributed by atoms with E-state index in [1.165, 1.54) is 0 Å². The van der Waals surface area contributed by atoms with Gasteiger partial charge < -0.3 is 0 Å². The van der Waals surface area contributed by atoms with E-state index in [1.807, 2.05) is 16.8 Å². The Morgan fingerprint density at radius 3 is 2.67 bits per heavy atom. The summed E-state index contributed by atoms with van der Waals surface area (Å²) in [5, 5.41) is 4.43. The SMILES string of the molecule is CCc1nc(C(C)(C)C)c2cccn2n1. The summed E-state index contributed by atoms with van der Waals surface area (Å²) >= 11 is 0. The van der Waals surface area contributed by atoms with Gasteiger partial charge in [0.25, 0.3) is 0 Å². The molecule has 0 radical (unpaired) electrons. The van der Waals surface area contributed by atoms with Crippen molar-refractivity contribution >= 4 is 5.52 Å². The Bertz CT molecular complexity index is 477. The maximum atomic E-state index is 4.63. The highest BCUT2D eigenvalue weighted by atomic mass is 15.2. The van der Waals surface area contributed by atoms with Crippen LogP contribution in [0.1, 0.15) is 39.2 Å². The van der Waals surface area contributed by atoms with Crippen molar-refractivity contribution in [1.29, 1.82) is 0 Å². The van der Waals surface area contributed by atoms with Crippen LogP contribution in [-0.4, -0.2) is 14.6 Å². The van der Waals surface area contributed by atoms with Crippen molar-refractivity contribution in [3.8, 4) is 0 Å². The highest BCUT2D eigenvalue weighted by Crippen LogP contribution is 2.24. The van der Waals surface area contributed by atoms with Crippen LogP contribution < -0.4 is 0 Å². The zero-order valence-electron chi connectivity index (χ0n) is 9.78. The highest BCUT2D eigenvalue weighted by Gasteiger charge is 2.20. The van der Waals surface area contributed by atoms with Gasteiger partial charge in [-0.05, 0) is 12.1 Å². The predicted octanol–water partition coefficient (Wildman–Crippen LogP) is 2.59. The van der Waals surface area contributed by atoms with Crippen LogP contribution in [0.2, 0.25) is 0 Å². The quantitative estimate of drug-likeness (QED) is 0.713. The van der Waals surface area contributed by atoms with Gasteiger partial charge in [0.05, 0.1) is 11.2 Å². The summed E-state index contributed by atoms with van der Waals surface area (Å²) in [4.78, 5) is 4.63. The molecule has 0 fully saturated rings. The summed E-state index contributed by atoms with van der Waals surface area (Å²) in [7, 11) is 0. The lowest BCUT2D eigenvalue weighted by Crippen LogP contribution is -2.17. The third-order valence-corrected chi connectivity index (χ3v) is 2.46. The third-order valence-electron chi connectivity index (χ3n) is 2.46. The first-order chi connectivity index (χ1) is 7.02. The Balaban J connectivity index is 2.74. The van der Waals surface area contributed by atoms with E-state index in [0.717, 1.165) is 23.5 Å². The molecule has 3 heteroatoms. The van der Waals surface area contributed by atoms with Crippen LogP contribution in [0.4, 0.5) is 0 Å². The molecule has 2 rings (SSSR count). The standard InChI is InChI=1S/C12H17N3/c1-5-10-13-11(12(2,3)4)9-7-6-8-15(9)14-10/h6-8H,5H2,1-4H3. The topological polar surface area (TPSA) is 30.2 Å². The van der Waals surface area contributed by atoms with Crippen molar-refractivity contribution < 1.29 is 0 Å². The maximum Gasteiger partial charge on any atom is 0.149 e. The molecular weight excluding hydrogens is 186 g/mol. The van der Waals surface area contributed by atoms with Gasteiger partial charge in [0, 0.05) is 18.0 Å². The average Bonchev–Trinajstić information content (AvgIpc) is 2.61. The number of rotatable bonds is 1. The third kappa shape index (κ3) is 1.74. The molecule has 80 valence electrons. The second kappa shape index (κ2) is 3.33. The number of hydrogen-bond donors (Lipinski definition) is 0. The Hall–Kier alpha value is -1.38. The van der Waals surface area contributed by atoms with E-state index in [4.69, 9.17) is 0 Å². The molecule has 0 unspecified atom stereocenters. The van der Waals surface area contributed by atoms with Crippen molar-refractivity contribution in [1.82, 2.24) is 14.6 Å². The van der Waals surface area contributed by atoms with Crippen molar-refractivity contribution in [2.75, 3.05) is 0 Å². The van der Waals surface area contributed by atoms with Gasteiger partial charge in [-0.3, -0.25) is 0 Å². The van der Waals surface area contributed by atoms with Gasteiger partial charge in [0.2, 0.25) is 0 Å². The minimum Gasteiger partial charge on any atom is -0.237 e. The number of aryl methyl sites for hydroxylation is 1. The second-order valence-electron chi connectivity index (χ2n) is 4.82. The molecule has 0 atom stereocenters. The van der Waals surface area contributed by atoms with Crippen LogP contribution in [0.15, 0.2) is 18.3 Å². The van der Waals surface area contributed by atoms with E-state index in [0.29, 0.717) is 0 Å². The largest absolute Gasteiger partial charge is 0.237 e. The Morgan fingerprint density at radius 1 is 1.33 bits per heavy atom. The summed E-state index contributed by atoms with van der Waals surface area (Å²) in [6.07, 6.45) is 2.85. The minimum absolute atomic E-state index is 0.0620. The average molecular weight is 203 g/mol. The number of fused-ring (bicyclic) bond motifs is 1. The van der Waals surface area contributed by atoms with Gasteiger partial charge in [-0.1, -0.05) is 27.7 Å². The van der Waals surface area contributed by atoms with Crippen molar-refractivity contribution in [3.05, 3.63) is 29.8 Å². The van der Waals surface area contributed by atoms with E-state index in [9.17, 15) is 0 Å². The summed E-state index contributed by atoms with van der Waals surface area (Å²) in [6.45, 7) is 8.63. The molecule has 0 N–H and O–H groups in total. The number of hydrogen-bond acceptors (Lipinski definition) is 2. The Morgan fingerprint density at radius 2 is 2.07 bits per heavy atom. The minimum atomic E-state index is 0.0620. The smallest absolute Gasteiger partial charge is 0.149 e. The predicted molar refractivity (Wildman–Crippen MR) is 61.1 cm³/mol. The monoisotopic (exact) mass is 203 g/mol. The van der Waals surface area contributed by atoms with Crippen LogP contribution in [0.3, 0.4) is 0 Å². The number of nitrogens with zero attached hydrogens (tertiary/aromatic N) is 3. The summed E-state index contributed by atoms with van der Waals surface area (Å²) in [6, 6.07) is 4.08. The van der Waals surface area contributed by atoms with Crippen LogP contribution in [0, 0.1) is 0 Å². The lowest BCUT2D eigenvalue weighted by molar-refractivity contribution is 0.560. The fourth-order valence-corrected chi connectivity index (χ4v) is 1.68. The summed E-state index contributed by atoms with van der Waals surface area (Å²) in [5.74, 6) is 0.906. The fraction of sp³-hybridized carbons (Fsp3) is 0.500. The fourth-order valence-electron chi connectivity index (χ4n) is 1.68. The lowest BCUT2D eigenvalue weighted by atomic mass is 9.91. The highest BCUT2D eigenvalue weighted by molar-refractivity contribution is 5.53. The molecule has 0 aliphatic rings. The van der Waals surface area contributed by atoms with Crippen LogP contribution in [0.25, 0.3) is 5.52 Å². The van der Waals surface area contributed by atoms with Crippen LogP contribution in [-0.2, 0) is 11.8 Å². The first kappa shape index (κ1) is 10.1. The zero-order chi connectivity index (χ0) is 11.1. The molecule has 2 heterocycles. The van der Waals surface area contributed by atoms with Gasteiger partial charge in [0.15, 0.2) is 0 Å². The van der Waals surface area contributed by atoms with Gasteiger partial charge in [-0.15, -0.1) is 0 Å². The summed E-state index contributed by atoms with van der Waals surface area (Å²) in [5.41, 5.74) is 2.30. The van der Waals surface area contributed by atoms with Gasteiger partial charge in [-0.2, -0.15) is 5.10 Å². The maximum absolute atomic E-state index is 4.63. The normalized spacial score (nSPS) is 12.3. The molecule has 2 aromatic heterocycles. The van der Waals surface area contributed by atoms with E-state index in [2.05, 4.69) is 43.8 Å². The van der Waals surface area contributed by atoms with Crippen molar-refractivity contribution in [2.24, 2.45) is 0 Å². The molecule has 0 saturated heterocycles. The van der Waals surface area contributed by atoms with Crippen molar-refractivity contribution in [3.63, 3.8) is 0 Å². The molecular formula is C12H17N3. The Labute approximate surface area is 90.1 Å². The molecule has 0 aliphatic heterocycles. The molecule has 15 heavy (non-hydrogen) atoms. The van der Waals surface area contributed by atoms with Crippen molar-refractivity contribution in [2.45, 2.75) is 39.5 Å². The molecule has 0 aromatic carbocycles. The molecule has 0 amide bonds. The van der Waals surface area contributed by atoms with Gasteiger partial charge >= 0.3 is 0 Å². The van der Waals surface area contributed by atoms with Gasteiger partial charge in [0.1, 0.15) is 5.82 Å². The van der Waals surface area contributed by atoms with E-state index >= 15 is 0 Å². The van der Waals surface area contributed by atoms with E-state index < -0.39 is 0 Å². The van der Waals surface area contributed by atoms with Gasteiger partial charge in [-0.25, -0.2) is 9.50 Å². The first-order valence-electron chi connectivity index (χ1n) is 5.37. The zero-order valence-corrected chi connectivity index (χ0v) is 9.78. The Kier molecular flexibility index (Phi) is 2.25.